The molecular formula is C5H6F3O4PS. The van der Waals surface area contributed by atoms with E-state index in [0.29, 0.717) is 0 Å². The maximum absolute atomic E-state index is 11.7. The second kappa shape index (κ2) is 4.27. The van der Waals surface area contributed by atoms with E-state index in [9.17, 15) is 26.4 Å². The van der Waals surface area contributed by atoms with Gasteiger partial charge in [-0.3, -0.25) is 0 Å². The largest absolute Gasteiger partial charge is 0.504 e. The molecule has 0 rings (SSSR count). The van der Waals surface area contributed by atoms with Crippen LogP contribution in [0.5, 0.6) is 0 Å². The van der Waals surface area contributed by atoms with Gasteiger partial charge in [0.2, 0.25) is 8.01 Å². The Hall–Kier alpha value is -0.620. The van der Waals surface area contributed by atoms with E-state index in [0.717, 1.165) is 0 Å². The second-order valence-electron chi connectivity index (χ2n) is 2.20. The summed E-state index contributed by atoms with van der Waals surface area (Å²) in [6.45, 7) is 4.26. The van der Waals surface area contributed by atoms with Crippen LogP contribution in [-0.2, 0) is 18.8 Å². The molecule has 0 saturated carbocycles. The molecule has 0 amide bonds. The van der Waals surface area contributed by atoms with Crippen molar-refractivity contribution in [1.29, 1.82) is 0 Å². The van der Waals surface area contributed by atoms with Gasteiger partial charge in [-0.05, 0) is 6.92 Å². The van der Waals surface area contributed by atoms with Gasteiger partial charge in [0, 0.05) is 5.57 Å². The Morgan fingerprint density at radius 3 is 2.14 bits per heavy atom. The fourth-order valence-corrected chi connectivity index (χ4v) is 1.52. The summed E-state index contributed by atoms with van der Waals surface area (Å²) in [5.74, 6) is -1.17. The van der Waals surface area contributed by atoms with E-state index in [2.05, 4.69) is 11.1 Å². The summed E-state index contributed by atoms with van der Waals surface area (Å²) >= 11 is 0. The fourth-order valence-electron chi connectivity index (χ4n) is 0.227. The van der Waals surface area contributed by atoms with Crippen LogP contribution in [0.4, 0.5) is 13.2 Å². The highest BCUT2D eigenvalue weighted by Gasteiger charge is 2.47. The van der Waals surface area contributed by atoms with Gasteiger partial charge >= 0.3 is 11.5 Å². The van der Waals surface area contributed by atoms with Crippen molar-refractivity contribution in [3.05, 3.63) is 12.2 Å². The van der Waals surface area contributed by atoms with Crippen LogP contribution in [0.15, 0.2) is 12.2 Å². The summed E-state index contributed by atoms with van der Waals surface area (Å²) in [4.78, 5) is 10.6. The van der Waals surface area contributed by atoms with Crippen molar-refractivity contribution >= 4 is 23.4 Å². The Morgan fingerprint density at radius 2 is 1.86 bits per heavy atom. The van der Waals surface area contributed by atoms with Crippen LogP contribution in [0.3, 0.4) is 0 Å². The van der Waals surface area contributed by atoms with E-state index in [-0.39, 0.29) is 5.57 Å². The van der Waals surface area contributed by atoms with Gasteiger partial charge in [0.1, 0.15) is 0 Å². The Balaban J connectivity index is 4.44. The summed E-state index contributed by atoms with van der Waals surface area (Å²) in [6, 6.07) is 0. The first-order valence-corrected chi connectivity index (χ1v) is 6.14. The number of carbonyl (C=O) groups is 1. The monoisotopic (exact) mass is 250 g/mol. The minimum absolute atomic E-state index is 0.171. The SMILES string of the molecule is C=C(C)C(=O)OPS(=O)(=O)C(F)(F)F. The molecule has 0 bridgehead atoms. The maximum atomic E-state index is 11.7. The van der Waals surface area contributed by atoms with Crippen molar-refractivity contribution in [2.45, 2.75) is 12.4 Å². The average molecular weight is 250 g/mol. The van der Waals surface area contributed by atoms with E-state index in [1.165, 1.54) is 6.92 Å². The molecule has 1 atom stereocenters. The van der Waals surface area contributed by atoms with Crippen molar-refractivity contribution in [3.8, 4) is 0 Å². The first-order valence-electron chi connectivity index (χ1n) is 3.02. The van der Waals surface area contributed by atoms with Crippen molar-refractivity contribution in [3.63, 3.8) is 0 Å². The lowest BCUT2D eigenvalue weighted by Gasteiger charge is -2.07. The van der Waals surface area contributed by atoms with E-state index >= 15 is 0 Å². The predicted molar refractivity (Wildman–Crippen MR) is 44.2 cm³/mol. The molecule has 0 spiro atoms. The van der Waals surface area contributed by atoms with E-state index in [1.807, 2.05) is 0 Å². The number of hydrogen-bond acceptors (Lipinski definition) is 4. The van der Waals surface area contributed by atoms with Crippen molar-refractivity contribution in [1.82, 2.24) is 0 Å². The lowest BCUT2D eigenvalue weighted by molar-refractivity contribution is -0.129. The predicted octanol–water partition coefficient (Wildman–Crippen LogP) is 1.55. The molecule has 0 aromatic rings. The average Bonchev–Trinajstić information content (AvgIpc) is 1.97. The lowest BCUT2D eigenvalue weighted by atomic mass is 10.4. The van der Waals surface area contributed by atoms with Crippen LogP contribution in [0.1, 0.15) is 6.92 Å². The second-order valence-corrected chi connectivity index (χ2v) is 6.16. The number of rotatable bonds is 3. The van der Waals surface area contributed by atoms with Crippen LogP contribution in [0, 0.1) is 0 Å². The molecule has 0 aliphatic heterocycles. The normalized spacial score (nSPS) is 13.1. The van der Waals surface area contributed by atoms with Gasteiger partial charge in [-0.25, -0.2) is 13.2 Å². The van der Waals surface area contributed by atoms with Crippen molar-refractivity contribution in [2.75, 3.05) is 0 Å². The molecule has 0 N–H and O–H groups in total. The number of hydrogen-bond donors (Lipinski definition) is 0. The molecule has 0 heterocycles. The summed E-state index contributed by atoms with van der Waals surface area (Å²) in [5, 5.41) is 0. The van der Waals surface area contributed by atoms with E-state index in [4.69, 9.17) is 0 Å². The molecule has 0 aromatic carbocycles. The van der Waals surface area contributed by atoms with Gasteiger partial charge < -0.3 is 4.52 Å². The van der Waals surface area contributed by atoms with E-state index < -0.39 is 28.9 Å². The van der Waals surface area contributed by atoms with Gasteiger partial charge in [0.05, 0.1) is 0 Å². The molecule has 0 saturated heterocycles. The zero-order valence-corrected chi connectivity index (χ0v) is 8.70. The molecule has 82 valence electrons. The molecular weight excluding hydrogens is 244 g/mol. The Morgan fingerprint density at radius 1 is 1.43 bits per heavy atom. The van der Waals surface area contributed by atoms with Gasteiger partial charge in [-0.2, -0.15) is 13.2 Å². The van der Waals surface area contributed by atoms with E-state index in [1.54, 1.807) is 0 Å². The van der Waals surface area contributed by atoms with Gasteiger partial charge in [-0.15, -0.1) is 0 Å². The molecule has 14 heavy (non-hydrogen) atoms. The van der Waals surface area contributed by atoms with Crippen LogP contribution < -0.4 is 0 Å². The summed E-state index contributed by atoms with van der Waals surface area (Å²) in [7, 11) is -7.36. The molecule has 4 nitrogen and oxygen atoms in total. The molecule has 0 aliphatic carbocycles. The van der Waals surface area contributed by atoms with Gasteiger partial charge in [0.15, 0.2) is 0 Å². The molecule has 0 aliphatic rings. The highest BCUT2D eigenvalue weighted by atomic mass is 32.8. The van der Waals surface area contributed by atoms with Gasteiger partial charge in [-0.1, -0.05) is 6.58 Å². The molecule has 1 unspecified atom stereocenters. The number of halogens is 3. The lowest BCUT2D eigenvalue weighted by Crippen LogP contribution is -2.19. The van der Waals surface area contributed by atoms with Gasteiger partial charge in [0.25, 0.3) is 9.46 Å². The first kappa shape index (κ1) is 13.4. The Labute approximate surface area is 79.7 Å². The number of carbonyl (C=O) groups excluding carboxylic acids is 1. The quantitative estimate of drug-likeness (QED) is 0.563. The summed E-state index contributed by atoms with van der Waals surface area (Å²) in [5.41, 5.74) is -5.57. The Kier molecular flexibility index (Phi) is 4.08. The molecule has 0 radical (unpaired) electrons. The summed E-state index contributed by atoms with van der Waals surface area (Å²) < 4.78 is 59.7. The fraction of sp³-hybridized carbons (Fsp3) is 0.400. The zero-order valence-electron chi connectivity index (χ0n) is 6.88. The highest BCUT2D eigenvalue weighted by Crippen LogP contribution is 2.37. The molecule has 0 aromatic heterocycles. The minimum Gasteiger partial charge on any atom is -0.428 e. The third kappa shape index (κ3) is 3.63. The van der Waals surface area contributed by atoms with Crippen molar-refractivity contribution < 1.29 is 30.9 Å². The highest BCUT2D eigenvalue weighted by molar-refractivity contribution is 8.42. The topological polar surface area (TPSA) is 60.4 Å². The maximum Gasteiger partial charge on any atom is 0.504 e. The standard InChI is InChI=1S/C5H6F3O4PS/c1-3(2)4(9)12-13-14(10,11)5(6,7)8/h13H,1H2,2H3. The van der Waals surface area contributed by atoms with Crippen LogP contribution in [-0.4, -0.2) is 19.9 Å². The Bertz CT molecular complexity index is 344. The third-order valence-electron chi connectivity index (χ3n) is 0.897. The van der Waals surface area contributed by atoms with Crippen molar-refractivity contribution in [2.24, 2.45) is 0 Å². The smallest absolute Gasteiger partial charge is 0.428 e. The molecule has 9 heteroatoms. The van der Waals surface area contributed by atoms with Crippen LogP contribution in [0.2, 0.25) is 0 Å². The molecule has 0 fully saturated rings. The zero-order chi connectivity index (χ0) is 11.6. The third-order valence-corrected chi connectivity index (χ3v) is 3.60. The number of alkyl halides is 3. The summed E-state index contributed by atoms with van der Waals surface area (Å²) in [6.07, 6.45) is 0. The minimum atomic E-state index is -5.40. The van der Waals surface area contributed by atoms with Crippen LogP contribution in [0.25, 0.3) is 0 Å². The van der Waals surface area contributed by atoms with Crippen LogP contribution >= 0.6 is 8.01 Å². The first-order chi connectivity index (χ1) is 6.08.